The van der Waals surface area contributed by atoms with E-state index in [-0.39, 0.29) is 23.7 Å². The summed E-state index contributed by atoms with van der Waals surface area (Å²) in [6.45, 7) is -0.353. The largest absolute Gasteiger partial charge is 0.394 e. The minimum atomic E-state index is -1.01. The predicted molar refractivity (Wildman–Crippen MR) is 72.7 cm³/mol. The van der Waals surface area contributed by atoms with Gasteiger partial charge in [0.25, 0.3) is 5.56 Å². The molecule has 10 nitrogen and oxygen atoms in total. The summed E-state index contributed by atoms with van der Waals surface area (Å²) in [5.41, 5.74) is 5.95. The molecule has 1 aliphatic rings. The number of nitrogens with two attached hydrogens (primary N) is 1. The van der Waals surface area contributed by atoms with Gasteiger partial charge in [-0.15, -0.1) is 0 Å². The molecule has 10 heteroatoms. The third-order valence-electron chi connectivity index (χ3n) is 3.54. The number of aliphatic hydroxyl groups is 2. The highest BCUT2D eigenvalue weighted by molar-refractivity contribution is 5.70. The number of hydrogen-bond donors (Lipinski definition) is 5. The van der Waals surface area contributed by atoms with Gasteiger partial charge in [0.05, 0.1) is 19.0 Å². The molecule has 2 aromatic heterocycles. The first-order chi connectivity index (χ1) is 10.1. The van der Waals surface area contributed by atoms with Gasteiger partial charge in [0.2, 0.25) is 5.95 Å². The van der Waals surface area contributed by atoms with Crippen LogP contribution in [0.3, 0.4) is 0 Å². The SMILES string of the molecule is CNc1nc2c(ncn2[C@@H]2O[C@H](CO)[C@@H](O)C2N)c(=O)[nH]1. The summed E-state index contributed by atoms with van der Waals surface area (Å²) < 4.78 is 7.01. The second-order valence-corrected chi connectivity index (χ2v) is 4.80. The lowest BCUT2D eigenvalue weighted by molar-refractivity contribution is -0.0437. The van der Waals surface area contributed by atoms with E-state index < -0.39 is 30.0 Å². The average molecular weight is 296 g/mol. The van der Waals surface area contributed by atoms with Crippen molar-refractivity contribution in [2.45, 2.75) is 24.5 Å². The van der Waals surface area contributed by atoms with Gasteiger partial charge in [-0.1, -0.05) is 0 Å². The van der Waals surface area contributed by atoms with Gasteiger partial charge in [0.15, 0.2) is 17.4 Å². The van der Waals surface area contributed by atoms with Crippen molar-refractivity contribution < 1.29 is 14.9 Å². The Balaban J connectivity index is 2.09. The quantitative estimate of drug-likeness (QED) is 0.425. The fourth-order valence-corrected chi connectivity index (χ4v) is 2.40. The molecule has 114 valence electrons. The maximum atomic E-state index is 11.9. The molecule has 3 heterocycles. The molecular weight excluding hydrogens is 280 g/mol. The lowest BCUT2D eigenvalue weighted by Gasteiger charge is -2.17. The molecule has 6 N–H and O–H groups in total. The number of nitrogens with zero attached hydrogens (tertiary/aromatic N) is 3. The number of nitrogens with one attached hydrogen (secondary N) is 2. The van der Waals surface area contributed by atoms with Crippen LogP contribution in [0.4, 0.5) is 5.95 Å². The van der Waals surface area contributed by atoms with E-state index in [0.717, 1.165) is 0 Å². The van der Waals surface area contributed by atoms with Crippen molar-refractivity contribution in [3.63, 3.8) is 0 Å². The van der Waals surface area contributed by atoms with E-state index >= 15 is 0 Å². The zero-order valence-corrected chi connectivity index (χ0v) is 11.2. The van der Waals surface area contributed by atoms with Crippen LogP contribution in [0.1, 0.15) is 6.23 Å². The highest BCUT2D eigenvalue weighted by Gasteiger charge is 2.42. The number of imidazole rings is 1. The molecule has 21 heavy (non-hydrogen) atoms. The lowest BCUT2D eigenvalue weighted by atomic mass is 10.1. The van der Waals surface area contributed by atoms with Gasteiger partial charge in [-0.05, 0) is 0 Å². The van der Waals surface area contributed by atoms with Crippen LogP contribution in [0.15, 0.2) is 11.1 Å². The maximum absolute atomic E-state index is 11.9. The summed E-state index contributed by atoms with van der Waals surface area (Å²) in [5, 5.41) is 21.8. The van der Waals surface area contributed by atoms with Gasteiger partial charge in [0.1, 0.15) is 12.2 Å². The van der Waals surface area contributed by atoms with E-state index in [1.54, 1.807) is 7.05 Å². The Hall–Kier alpha value is -2.01. The fraction of sp³-hybridized carbons (Fsp3) is 0.545. The molecule has 0 aliphatic carbocycles. The highest BCUT2D eigenvalue weighted by Crippen LogP contribution is 2.29. The van der Waals surface area contributed by atoms with Gasteiger partial charge in [-0.3, -0.25) is 14.3 Å². The van der Waals surface area contributed by atoms with E-state index in [1.165, 1.54) is 10.9 Å². The highest BCUT2D eigenvalue weighted by atomic mass is 16.5. The van der Waals surface area contributed by atoms with E-state index in [2.05, 4.69) is 20.3 Å². The van der Waals surface area contributed by atoms with Crippen LogP contribution in [0.25, 0.3) is 11.2 Å². The lowest BCUT2D eigenvalue weighted by Crippen LogP contribution is -2.39. The number of H-pyrrole nitrogens is 1. The molecule has 1 fully saturated rings. The Kier molecular flexibility index (Phi) is 3.37. The van der Waals surface area contributed by atoms with Crippen LogP contribution in [0.5, 0.6) is 0 Å². The first-order valence-electron chi connectivity index (χ1n) is 6.41. The van der Waals surface area contributed by atoms with E-state index in [4.69, 9.17) is 15.6 Å². The summed E-state index contributed by atoms with van der Waals surface area (Å²) in [4.78, 5) is 22.6. The second-order valence-electron chi connectivity index (χ2n) is 4.80. The third kappa shape index (κ3) is 2.08. The topological polar surface area (TPSA) is 151 Å². The monoisotopic (exact) mass is 296 g/mol. The molecule has 4 atom stereocenters. The minimum absolute atomic E-state index is 0.145. The van der Waals surface area contributed by atoms with E-state index in [1.807, 2.05) is 0 Å². The van der Waals surface area contributed by atoms with Gasteiger partial charge in [0, 0.05) is 7.05 Å². The average Bonchev–Trinajstić information content (AvgIpc) is 3.02. The van der Waals surface area contributed by atoms with Gasteiger partial charge >= 0.3 is 0 Å². The summed E-state index contributed by atoms with van der Waals surface area (Å²) >= 11 is 0. The van der Waals surface area contributed by atoms with E-state index in [0.29, 0.717) is 0 Å². The number of ether oxygens (including phenoxy) is 1. The summed E-state index contributed by atoms with van der Waals surface area (Å²) in [7, 11) is 1.62. The predicted octanol–water partition coefficient (Wildman–Crippen LogP) is -2.26. The van der Waals surface area contributed by atoms with Crippen LogP contribution in [-0.4, -0.2) is 61.6 Å². The van der Waals surface area contributed by atoms with Crippen molar-refractivity contribution in [3.05, 3.63) is 16.7 Å². The Morgan fingerprint density at radius 1 is 1.62 bits per heavy atom. The smallest absolute Gasteiger partial charge is 0.280 e. The molecule has 2 aromatic rings. The number of aromatic nitrogens is 4. The molecule has 0 spiro atoms. The fourth-order valence-electron chi connectivity index (χ4n) is 2.40. The van der Waals surface area contributed by atoms with Gasteiger partial charge in [-0.25, -0.2) is 4.98 Å². The van der Waals surface area contributed by atoms with Crippen molar-refractivity contribution in [2.75, 3.05) is 19.0 Å². The third-order valence-corrected chi connectivity index (χ3v) is 3.54. The minimum Gasteiger partial charge on any atom is -0.394 e. The summed E-state index contributed by atoms with van der Waals surface area (Å²) in [6, 6.07) is -0.765. The van der Waals surface area contributed by atoms with Crippen molar-refractivity contribution in [1.82, 2.24) is 19.5 Å². The zero-order valence-electron chi connectivity index (χ0n) is 11.2. The number of anilines is 1. The second kappa shape index (κ2) is 5.07. The Morgan fingerprint density at radius 2 is 2.38 bits per heavy atom. The molecule has 0 saturated carbocycles. The van der Waals surface area contributed by atoms with Crippen molar-refractivity contribution >= 4 is 17.1 Å². The molecular formula is C11H16N6O4. The van der Waals surface area contributed by atoms with Crippen molar-refractivity contribution in [1.29, 1.82) is 0 Å². The van der Waals surface area contributed by atoms with Crippen LogP contribution in [0.2, 0.25) is 0 Å². The van der Waals surface area contributed by atoms with Crippen molar-refractivity contribution in [3.8, 4) is 0 Å². The molecule has 1 unspecified atom stereocenters. The first-order valence-corrected chi connectivity index (χ1v) is 6.41. The molecule has 0 radical (unpaired) electrons. The van der Waals surface area contributed by atoms with Gasteiger partial charge < -0.3 is 26.0 Å². The van der Waals surface area contributed by atoms with Crippen LogP contribution >= 0.6 is 0 Å². The molecule has 1 saturated heterocycles. The maximum Gasteiger partial charge on any atom is 0.280 e. The normalized spacial score (nSPS) is 29.1. The summed E-state index contributed by atoms with van der Waals surface area (Å²) in [5.74, 6) is 0.278. The molecule has 0 aromatic carbocycles. The van der Waals surface area contributed by atoms with Crippen molar-refractivity contribution in [2.24, 2.45) is 5.73 Å². The van der Waals surface area contributed by atoms with E-state index in [9.17, 15) is 9.90 Å². The first kappa shape index (κ1) is 13.9. The molecule has 0 bridgehead atoms. The summed E-state index contributed by atoms with van der Waals surface area (Å²) in [6.07, 6.45) is -1.18. The standard InChI is InChI=1S/C11H16N6O4/c1-13-11-15-8-6(9(20)16-11)14-3-17(8)10-5(12)7(19)4(2-18)21-10/h3-5,7,10,18-19H,2,12H2,1H3,(H2,13,15,16,20)/t4-,5?,7-,10-/m1/s1. The number of aliphatic hydroxyl groups excluding tert-OH is 2. The van der Waals surface area contributed by atoms with Crippen LogP contribution < -0.4 is 16.6 Å². The van der Waals surface area contributed by atoms with Crippen LogP contribution in [0, 0.1) is 0 Å². The number of rotatable bonds is 3. The van der Waals surface area contributed by atoms with Gasteiger partial charge in [-0.2, -0.15) is 4.98 Å². The van der Waals surface area contributed by atoms with Crippen LogP contribution in [-0.2, 0) is 4.74 Å². The Morgan fingerprint density at radius 3 is 3.00 bits per heavy atom. The Labute approximate surface area is 118 Å². The number of aromatic amines is 1. The number of hydrogen-bond acceptors (Lipinski definition) is 8. The molecule has 1 aliphatic heterocycles. The molecule has 0 amide bonds. The number of fused-ring (bicyclic) bond motifs is 1. The Bertz CT molecular complexity index is 712. The zero-order chi connectivity index (χ0) is 15.1. The molecule has 3 rings (SSSR count).